The Morgan fingerprint density at radius 3 is 2.84 bits per heavy atom. The normalized spacial score (nSPS) is 10.3. The van der Waals surface area contributed by atoms with E-state index in [9.17, 15) is 0 Å². The third kappa shape index (κ3) is 1.91. The number of ether oxygens (including phenoxy) is 1. The van der Waals surface area contributed by atoms with E-state index in [2.05, 4.69) is 16.0 Å². The summed E-state index contributed by atoms with van der Waals surface area (Å²) in [6.07, 6.45) is 0. The van der Waals surface area contributed by atoms with Gasteiger partial charge in [0.15, 0.2) is 0 Å². The van der Waals surface area contributed by atoms with E-state index in [0.29, 0.717) is 11.1 Å². The van der Waals surface area contributed by atoms with E-state index >= 15 is 0 Å². The number of imidazole rings is 1. The van der Waals surface area contributed by atoms with Gasteiger partial charge in [-0.15, -0.1) is 0 Å². The smallest absolute Gasteiger partial charge is 0.138 e. The molecule has 4 heteroatoms. The van der Waals surface area contributed by atoms with E-state index in [1.807, 2.05) is 36.4 Å². The predicted octanol–water partition coefficient (Wildman–Crippen LogP) is 3.11. The van der Waals surface area contributed by atoms with Crippen molar-refractivity contribution in [3.63, 3.8) is 0 Å². The van der Waals surface area contributed by atoms with Gasteiger partial charge < -0.3 is 9.72 Å². The molecule has 0 atom stereocenters. The first-order chi connectivity index (χ1) is 9.31. The van der Waals surface area contributed by atoms with Gasteiger partial charge >= 0.3 is 0 Å². The molecule has 3 rings (SSSR count). The molecule has 1 aromatic heterocycles. The highest BCUT2D eigenvalue weighted by Gasteiger charge is 2.08. The molecule has 0 fully saturated rings. The lowest BCUT2D eigenvalue weighted by atomic mass is 10.2. The van der Waals surface area contributed by atoms with Crippen molar-refractivity contribution in [2.45, 2.75) is 0 Å². The van der Waals surface area contributed by atoms with Crippen LogP contribution in [0.2, 0.25) is 0 Å². The van der Waals surface area contributed by atoms with Crippen LogP contribution < -0.4 is 4.74 Å². The molecule has 0 spiro atoms. The quantitative estimate of drug-likeness (QED) is 0.759. The maximum Gasteiger partial charge on any atom is 0.138 e. The monoisotopic (exact) mass is 249 g/mol. The van der Waals surface area contributed by atoms with Crippen LogP contribution in [0, 0.1) is 11.3 Å². The minimum atomic E-state index is 0.572. The van der Waals surface area contributed by atoms with Crippen LogP contribution in [0.1, 0.15) is 5.56 Å². The maximum absolute atomic E-state index is 9.07. The van der Waals surface area contributed by atoms with Gasteiger partial charge in [-0.1, -0.05) is 18.2 Å². The molecule has 1 N–H and O–H groups in total. The van der Waals surface area contributed by atoms with Gasteiger partial charge in [0.05, 0.1) is 18.2 Å². The second-order valence-corrected chi connectivity index (χ2v) is 4.13. The zero-order valence-electron chi connectivity index (χ0n) is 10.3. The van der Waals surface area contributed by atoms with Crippen LogP contribution in [0.4, 0.5) is 0 Å². The summed E-state index contributed by atoms with van der Waals surface area (Å²) < 4.78 is 5.20. The number of para-hydroxylation sites is 1. The molecule has 0 aliphatic rings. The van der Waals surface area contributed by atoms with Gasteiger partial charge in [0.2, 0.25) is 0 Å². The van der Waals surface area contributed by atoms with Crippen molar-refractivity contribution in [2.75, 3.05) is 7.11 Å². The summed E-state index contributed by atoms with van der Waals surface area (Å²) in [6, 6.07) is 15.3. The summed E-state index contributed by atoms with van der Waals surface area (Å²) in [5.74, 6) is 1.51. The van der Waals surface area contributed by atoms with Gasteiger partial charge in [0.25, 0.3) is 0 Å². The summed E-state index contributed by atoms with van der Waals surface area (Å²) >= 11 is 0. The number of nitriles is 1. The van der Waals surface area contributed by atoms with Crippen LogP contribution in [0.3, 0.4) is 0 Å². The number of nitrogens with one attached hydrogen (secondary N) is 1. The minimum absolute atomic E-state index is 0.572. The Hall–Kier alpha value is -2.80. The number of hydrogen-bond donors (Lipinski definition) is 1. The molecule has 0 aliphatic carbocycles. The third-order valence-corrected chi connectivity index (χ3v) is 2.98. The molecule has 2 aromatic carbocycles. The van der Waals surface area contributed by atoms with Gasteiger partial charge in [-0.05, 0) is 24.3 Å². The number of fused-ring (bicyclic) bond motifs is 1. The standard InChI is InChI=1S/C15H11N3O/c1-19-12-6-2-4-10(8-12)15-17-13-7-3-5-11(9-16)14(13)18-15/h2-8H,1H3,(H,17,18). The second-order valence-electron chi connectivity index (χ2n) is 4.13. The molecule has 0 bridgehead atoms. The molecule has 4 nitrogen and oxygen atoms in total. The van der Waals surface area contributed by atoms with Crippen molar-refractivity contribution < 1.29 is 4.74 Å². The van der Waals surface area contributed by atoms with Crippen molar-refractivity contribution in [3.8, 4) is 23.2 Å². The summed E-state index contributed by atoms with van der Waals surface area (Å²) in [5, 5.41) is 9.07. The Bertz CT molecular complexity index is 783. The maximum atomic E-state index is 9.07. The minimum Gasteiger partial charge on any atom is -0.497 e. The predicted molar refractivity (Wildman–Crippen MR) is 72.8 cm³/mol. The van der Waals surface area contributed by atoms with E-state index < -0.39 is 0 Å². The Morgan fingerprint density at radius 2 is 2.05 bits per heavy atom. The first-order valence-corrected chi connectivity index (χ1v) is 5.85. The highest BCUT2D eigenvalue weighted by atomic mass is 16.5. The van der Waals surface area contributed by atoms with Crippen molar-refractivity contribution in [3.05, 3.63) is 48.0 Å². The Kier molecular flexibility index (Phi) is 2.66. The number of aromatic amines is 1. The fourth-order valence-electron chi connectivity index (χ4n) is 2.03. The van der Waals surface area contributed by atoms with Gasteiger partial charge in [-0.25, -0.2) is 4.98 Å². The number of methoxy groups -OCH3 is 1. The molecule has 0 unspecified atom stereocenters. The average molecular weight is 249 g/mol. The van der Waals surface area contributed by atoms with E-state index in [0.717, 1.165) is 22.7 Å². The molecule has 92 valence electrons. The molecule has 0 radical (unpaired) electrons. The highest BCUT2D eigenvalue weighted by Crippen LogP contribution is 2.25. The van der Waals surface area contributed by atoms with Gasteiger partial charge in [-0.2, -0.15) is 5.26 Å². The Morgan fingerprint density at radius 1 is 1.21 bits per heavy atom. The molecular formula is C15H11N3O. The Balaban J connectivity index is 2.18. The van der Waals surface area contributed by atoms with E-state index in [4.69, 9.17) is 10.00 Å². The topological polar surface area (TPSA) is 61.7 Å². The third-order valence-electron chi connectivity index (χ3n) is 2.98. The van der Waals surface area contributed by atoms with Crippen LogP contribution in [0.15, 0.2) is 42.5 Å². The second kappa shape index (κ2) is 4.46. The van der Waals surface area contributed by atoms with Gasteiger partial charge in [-0.3, -0.25) is 0 Å². The highest BCUT2D eigenvalue weighted by molar-refractivity contribution is 5.84. The molecule has 0 saturated heterocycles. The average Bonchev–Trinajstić information content (AvgIpc) is 2.91. The molecule has 0 saturated carbocycles. The van der Waals surface area contributed by atoms with Crippen molar-refractivity contribution >= 4 is 11.0 Å². The number of aromatic nitrogens is 2. The zero-order chi connectivity index (χ0) is 13.2. The van der Waals surface area contributed by atoms with Crippen molar-refractivity contribution in [1.82, 2.24) is 9.97 Å². The van der Waals surface area contributed by atoms with Crippen LogP contribution >= 0.6 is 0 Å². The molecule has 0 aliphatic heterocycles. The number of benzene rings is 2. The molecule has 0 amide bonds. The van der Waals surface area contributed by atoms with Crippen LogP contribution in [-0.2, 0) is 0 Å². The number of rotatable bonds is 2. The first kappa shape index (κ1) is 11.3. The summed E-state index contributed by atoms with van der Waals surface area (Å²) in [4.78, 5) is 7.72. The van der Waals surface area contributed by atoms with E-state index in [-0.39, 0.29) is 0 Å². The van der Waals surface area contributed by atoms with E-state index in [1.54, 1.807) is 13.2 Å². The fourth-order valence-corrected chi connectivity index (χ4v) is 2.03. The molecule has 19 heavy (non-hydrogen) atoms. The zero-order valence-corrected chi connectivity index (χ0v) is 10.3. The van der Waals surface area contributed by atoms with E-state index in [1.165, 1.54) is 0 Å². The number of hydrogen-bond acceptors (Lipinski definition) is 3. The van der Waals surface area contributed by atoms with Crippen LogP contribution in [-0.4, -0.2) is 17.1 Å². The van der Waals surface area contributed by atoms with Crippen molar-refractivity contribution in [2.24, 2.45) is 0 Å². The van der Waals surface area contributed by atoms with Gasteiger partial charge in [0.1, 0.15) is 23.2 Å². The summed E-state index contributed by atoms with van der Waals surface area (Å²) in [7, 11) is 1.63. The Labute approximate surface area is 110 Å². The lowest BCUT2D eigenvalue weighted by Gasteiger charge is -2.01. The summed E-state index contributed by atoms with van der Waals surface area (Å²) in [6.45, 7) is 0. The lowest BCUT2D eigenvalue weighted by molar-refractivity contribution is 0.415. The largest absolute Gasteiger partial charge is 0.497 e. The van der Waals surface area contributed by atoms with Crippen molar-refractivity contribution in [1.29, 1.82) is 5.26 Å². The van der Waals surface area contributed by atoms with Crippen LogP contribution in [0.25, 0.3) is 22.4 Å². The molecule has 3 aromatic rings. The fraction of sp³-hybridized carbons (Fsp3) is 0.0667. The SMILES string of the molecule is COc1cccc(-c2nc3c(C#N)cccc3[nH]2)c1. The summed E-state index contributed by atoms with van der Waals surface area (Å²) in [5.41, 5.74) is 3.06. The lowest BCUT2D eigenvalue weighted by Crippen LogP contribution is -1.84. The molecule has 1 heterocycles. The first-order valence-electron chi connectivity index (χ1n) is 5.85. The van der Waals surface area contributed by atoms with Gasteiger partial charge in [0, 0.05) is 5.56 Å². The molecular weight excluding hydrogens is 238 g/mol. The number of nitrogens with zero attached hydrogens (tertiary/aromatic N) is 2. The number of H-pyrrole nitrogens is 1. The van der Waals surface area contributed by atoms with Crippen LogP contribution in [0.5, 0.6) is 5.75 Å².